The van der Waals surface area contributed by atoms with E-state index < -0.39 is 0 Å². The van der Waals surface area contributed by atoms with Crippen molar-refractivity contribution in [3.05, 3.63) is 95.8 Å². The molecule has 0 bridgehead atoms. The molecule has 0 aromatic carbocycles. The van der Waals surface area contributed by atoms with E-state index in [9.17, 15) is 0 Å². The summed E-state index contributed by atoms with van der Waals surface area (Å²) in [6.07, 6.45) is 0. The zero-order chi connectivity index (χ0) is 16.2. The summed E-state index contributed by atoms with van der Waals surface area (Å²) < 4.78 is 0. The van der Waals surface area contributed by atoms with Crippen LogP contribution in [0.3, 0.4) is 0 Å². The molecule has 0 unspecified atom stereocenters. The molecule has 21 nitrogen and oxygen atoms in total. The van der Waals surface area contributed by atoms with Gasteiger partial charge in [-0.1, -0.05) is 0 Å². The van der Waals surface area contributed by atoms with Crippen LogP contribution in [0.15, 0.2) is 0 Å². The van der Waals surface area contributed by atoms with Crippen molar-refractivity contribution in [2.75, 3.05) is 0 Å². The Labute approximate surface area is 223 Å². The van der Waals surface area contributed by atoms with E-state index in [1.54, 1.807) is 0 Å². The zero-order valence-electron chi connectivity index (χ0n) is 11.3. The summed E-state index contributed by atoms with van der Waals surface area (Å²) in [6, 6.07) is 0. The predicted molar refractivity (Wildman–Crippen MR) is 82.8 cm³/mol. The van der Waals surface area contributed by atoms with Crippen molar-refractivity contribution < 1.29 is 32.9 Å². The minimum Gasteiger partial charge on any atom is -0.412 e. The van der Waals surface area contributed by atoms with Gasteiger partial charge in [0.05, 0.1) is 0 Å². The number of hydrogen-bond donors (Lipinski definition) is 0. The Morgan fingerprint density at radius 2 is 0.292 bits per heavy atom. The van der Waals surface area contributed by atoms with Crippen molar-refractivity contribution in [1.82, 2.24) is 0 Å². The van der Waals surface area contributed by atoms with Gasteiger partial charge in [-0.2, -0.15) is 0 Å². The number of rotatable bonds is 0. The molecular weight excluding hydrogens is 633 g/mol. The molecule has 0 spiro atoms. The van der Waals surface area contributed by atoms with E-state index in [1.165, 1.54) is 29.5 Å². The summed E-state index contributed by atoms with van der Waals surface area (Å²) in [7, 11) is 0. The van der Waals surface area contributed by atoms with E-state index in [0.29, 0.717) is 0 Å². The Balaban J connectivity index is -0.00000000686. The van der Waals surface area contributed by atoms with Gasteiger partial charge in [-0.25, -0.2) is 0 Å². The minimum absolute atomic E-state index is 0. The van der Waals surface area contributed by atoms with Gasteiger partial charge < -0.3 is 82.8 Å². The quantitative estimate of drug-likeness (QED) is 0.159. The van der Waals surface area contributed by atoms with Crippen molar-refractivity contribution in [2.45, 2.75) is 0 Å². The monoisotopic (exact) mass is 640 g/mol. The third-order valence-electron chi connectivity index (χ3n) is 0. The largest absolute Gasteiger partial charge is 2.00 e. The fourth-order valence-electron chi connectivity index (χ4n) is 0. The maximum Gasteiger partial charge on any atom is 2.00 e. The van der Waals surface area contributed by atoms with Crippen molar-refractivity contribution in [3.63, 3.8) is 0 Å². The van der Waals surface area contributed by atoms with Crippen molar-refractivity contribution in [2.24, 2.45) is 0 Å². The molecule has 24 heavy (non-hydrogen) atoms. The van der Waals surface area contributed by atoms with Crippen LogP contribution in [0.2, 0.25) is 0 Å². The van der Waals surface area contributed by atoms with Gasteiger partial charge in [0, 0.05) is 0 Å². The average molecular weight is 640 g/mol. The van der Waals surface area contributed by atoms with Gasteiger partial charge in [0.1, 0.15) is 0 Å². The maximum atomic E-state index is 6.75. The summed E-state index contributed by atoms with van der Waals surface area (Å²) in [5.74, 6) is 0. The molecule has 6 N–H and O–H groups in total. The summed E-state index contributed by atoms with van der Waals surface area (Å²) >= 11 is 0. The van der Waals surface area contributed by atoms with Crippen LogP contribution < -0.4 is 0 Å². The normalized spacial score (nSPS) is 2.00. The number of hydrogen-bond acceptors (Lipinski definition) is 0. The van der Waals surface area contributed by atoms with Crippen molar-refractivity contribution in [1.29, 1.82) is 0 Å². The Morgan fingerprint density at radius 3 is 0.292 bits per heavy atom. The fraction of sp³-hybridized carbons (Fsp3) is 0. The van der Waals surface area contributed by atoms with E-state index >= 15 is 0 Å². The third kappa shape index (κ3) is 22800. The molecule has 0 aliphatic rings. The standard InChI is InChI=1S/2Ba.6N3.Ni.3H2O/c;;6*1-3-2;;;;/h;;;;;;;;;3*1H2/q2*+2;6*-1;+2;;;. The third-order valence-corrected chi connectivity index (χ3v) is 0. The molecule has 24 heteroatoms. The van der Waals surface area contributed by atoms with Crippen LogP contribution in [0.4, 0.5) is 0 Å². The first-order chi connectivity index (χ1) is 8.49. The van der Waals surface area contributed by atoms with Crippen molar-refractivity contribution in [3.8, 4) is 0 Å². The fourth-order valence-corrected chi connectivity index (χ4v) is 0. The second-order valence-electron chi connectivity index (χ2n) is 0.537. The Hall–Kier alpha value is -0.624. The van der Waals surface area contributed by atoms with Gasteiger partial charge >= 0.3 is 114 Å². The van der Waals surface area contributed by atoms with Crippen LogP contribution in [0.1, 0.15) is 0 Å². The topological polar surface area (TPSA) is 447 Å². The minimum atomic E-state index is 0. The molecule has 0 aliphatic heterocycles. The SMILES string of the molecule is O.O.O.[Ba+2].[Ba+2].[N-]=[N+]=[N-].[N-]=[N+]=[N-].[N-]=[N+]=[N-].[N-]=[N+]=[N-].[N-]=[N+]=[N-].[N-]=[N+]=[N-].[Ni+2]. The Kier molecular flexibility index (Phi) is 1330. The van der Waals surface area contributed by atoms with E-state index in [2.05, 4.69) is 0 Å². The Morgan fingerprint density at radius 1 is 0.292 bits per heavy atom. The molecular formula is H6Ba2N18NiO3. The van der Waals surface area contributed by atoms with E-state index in [-0.39, 0.29) is 131 Å². The van der Waals surface area contributed by atoms with Gasteiger partial charge in [-0.3, -0.25) is 29.5 Å². The zero-order valence-corrected chi connectivity index (χ0v) is 21.1. The molecule has 0 radical (unpaired) electrons. The first-order valence-electron chi connectivity index (χ1n) is 2.40. The Bertz CT molecular complexity index is 247. The first-order valence-corrected chi connectivity index (χ1v) is 2.40. The van der Waals surface area contributed by atoms with Crippen LogP contribution in [-0.2, 0) is 16.5 Å². The molecule has 128 valence electrons. The summed E-state index contributed by atoms with van der Waals surface area (Å²) in [5.41, 5.74) is 81.0. The smallest absolute Gasteiger partial charge is 0.412 e. The molecule has 0 heterocycles. The molecule has 0 fully saturated rings. The maximum absolute atomic E-state index is 6.75. The van der Waals surface area contributed by atoms with Crippen LogP contribution >= 0.6 is 0 Å². The van der Waals surface area contributed by atoms with Gasteiger partial charge in [0.15, 0.2) is 0 Å². The molecule has 0 saturated carbocycles. The van der Waals surface area contributed by atoms with E-state index in [1.807, 2.05) is 0 Å². The first kappa shape index (κ1) is 90.4. The second kappa shape index (κ2) is 354. The molecule has 0 aliphatic carbocycles. The number of nitrogens with zero attached hydrogens (tertiary/aromatic N) is 18. The summed E-state index contributed by atoms with van der Waals surface area (Å²) in [6.45, 7) is 0. The van der Waals surface area contributed by atoms with E-state index in [0.717, 1.165) is 0 Å². The van der Waals surface area contributed by atoms with E-state index in [4.69, 9.17) is 66.4 Å². The van der Waals surface area contributed by atoms with Gasteiger partial charge in [-0.05, 0) is 0 Å². The second-order valence-corrected chi connectivity index (χ2v) is 0.537. The molecule has 0 saturated heterocycles. The van der Waals surface area contributed by atoms with Gasteiger partial charge in [-0.15, -0.1) is 0 Å². The summed E-state index contributed by atoms with van der Waals surface area (Å²) in [4.78, 5) is 9.00. The van der Waals surface area contributed by atoms with Crippen LogP contribution in [0.5, 0.6) is 0 Å². The molecule has 0 rings (SSSR count). The predicted octanol–water partition coefficient (Wildman–Crippen LogP) is 1.96. The molecule has 0 aromatic rings. The van der Waals surface area contributed by atoms with Crippen LogP contribution in [0.25, 0.3) is 95.8 Å². The van der Waals surface area contributed by atoms with Gasteiger partial charge in [0.2, 0.25) is 0 Å². The van der Waals surface area contributed by atoms with Crippen LogP contribution in [-0.4, -0.2) is 114 Å². The van der Waals surface area contributed by atoms with Gasteiger partial charge in [0.25, 0.3) is 0 Å². The molecule has 0 atom stereocenters. The van der Waals surface area contributed by atoms with Crippen molar-refractivity contribution >= 4 is 97.8 Å². The van der Waals surface area contributed by atoms with Crippen LogP contribution in [0, 0.1) is 0 Å². The molecule has 0 aromatic heterocycles. The average Bonchev–Trinajstić information content (AvgIpc) is 2.23. The summed E-state index contributed by atoms with van der Waals surface area (Å²) in [5, 5.41) is 0. The molecule has 0 amide bonds.